The summed E-state index contributed by atoms with van der Waals surface area (Å²) in [6.45, 7) is 1.89. The Labute approximate surface area is 133 Å². The van der Waals surface area contributed by atoms with Crippen LogP contribution in [-0.2, 0) is 9.84 Å². The molecule has 0 radical (unpaired) electrons. The van der Waals surface area contributed by atoms with Gasteiger partial charge in [-0.3, -0.25) is 4.79 Å². The molecule has 0 aliphatic rings. The number of carbonyl (C=O) groups is 1. The molecule has 0 aromatic heterocycles. The van der Waals surface area contributed by atoms with Gasteiger partial charge in [0.15, 0.2) is 15.6 Å². The fourth-order valence-corrected chi connectivity index (χ4v) is 3.36. The minimum atomic E-state index is -3.75. The second-order valence-corrected chi connectivity index (χ2v) is 7.43. The van der Waals surface area contributed by atoms with Crippen LogP contribution >= 0.6 is 23.2 Å². The number of carbonyl (C=O) groups excluding carboxylic acids is 1. The SMILES string of the molecule is Cc1ccc(C(=O)CS(=O)(=O)c2ccc(Cl)c(Cl)c2)cc1. The number of benzene rings is 2. The van der Waals surface area contributed by atoms with Crippen LogP contribution in [0.3, 0.4) is 0 Å². The van der Waals surface area contributed by atoms with E-state index in [1.165, 1.54) is 18.2 Å². The summed E-state index contributed by atoms with van der Waals surface area (Å²) >= 11 is 11.6. The number of hydrogen-bond acceptors (Lipinski definition) is 3. The summed E-state index contributed by atoms with van der Waals surface area (Å²) in [5.74, 6) is -1.06. The zero-order valence-electron chi connectivity index (χ0n) is 11.1. The van der Waals surface area contributed by atoms with Crippen LogP contribution in [0.4, 0.5) is 0 Å². The fraction of sp³-hybridized carbons (Fsp3) is 0.133. The first-order valence-electron chi connectivity index (χ1n) is 6.07. The minimum absolute atomic E-state index is 0.0163. The molecule has 0 spiro atoms. The van der Waals surface area contributed by atoms with Crippen LogP contribution < -0.4 is 0 Å². The van der Waals surface area contributed by atoms with Crippen LogP contribution in [-0.4, -0.2) is 20.0 Å². The maximum absolute atomic E-state index is 12.2. The molecule has 0 atom stereocenters. The fourth-order valence-electron chi connectivity index (χ4n) is 1.75. The third-order valence-corrected chi connectivity index (χ3v) is 5.30. The monoisotopic (exact) mass is 342 g/mol. The average Bonchev–Trinajstić information content (AvgIpc) is 2.42. The van der Waals surface area contributed by atoms with Crippen LogP contribution in [0, 0.1) is 6.92 Å². The molecule has 0 fully saturated rings. The van der Waals surface area contributed by atoms with Crippen molar-refractivity contribution < 1.29 is 13.2 Å². The number of aryl methyl sites for hydroxylation is 1. The molecule has 2 aromatic carbocycles. The summed E-state index contributed by atoms with van der Waals surface area (Å²) in [7, 11) is -3.75. The molecule has 0 unspecified atom stereocenters. The molecule has 0 aliphatic heterocycles. The quantitative estimate of drug-likeness (QED) is 0.790. The molecular weight excluding hydrogens is 331 g/mol. The zero-order valence-corrected chi connectivity index (χ0v) is 13.5. The van der Waals surface area contributed by atoms with Crippen molar-refractivity contribution >= 4 is 38.8 Å². The zero-order chi connectivity index (χ0) is 15.6. The molecule has 0 aliphatic carbocycles. The second-order valence-electron chi connectivity index (χ2n) is 4.62. The molecule has 6 heteroatoms. The van der Waals surface area contributed by atoms with Gasteiger partial charge in [0.2, 0.25) is 0 Å². The second kappa shape index (κ2) is 6.18. The third kappa shape index (κ3) is 3.84. The van der Waals surface area contributed by atoms with E-state index in [1.54, 1.807) is 24.3 Å². The molecule has 3 nitrogen and oxygen atoms in total. The lowest BCUT2D eigenvalue weighted by atomic mass is 10.1. The smallest absolute Gasteiger partial charge is 0.185 e. The largest absolute Gasteiger partial charge is 0.293 e. The Hall–Kier alpha value is -1.36. The van der Waals surface area contributed by atoms with Gasteiger partial charge in [0.25, 0.3) is 0 Å². The minimum Gasteiger partial charge on any atom is -0.293 e. The van der Waals surface area contributed by atoms with Crippen LogP contribution in [0.2, 0.25) is 10.0 Å². The van der Waals surface area contributed by atoms with Gasteiger partial charge >= 0.3 is 0 Å². The molecule has 0 bridgehead atoms. The lowest BCUT2D eigenvalue weighted by Gasteiger charge is -2.06. The van der Waals surface area contributed by atoms with Gasteiger partial charge in [-0.25, -0.2) is 8.42 Å². The van der Waals surface area contributed by atoms with Gasteiger partial charge in [-0.05, 0) is 25.1 Å². The van der Waals surface area contributed by atoms with Gasteiger partial charge in [0.05, 0.1) is 14.9 Å². The predicted octanol–water partition coefficient (Wildman–Crippen LogP) is 3.96. The Balaban J connectivity index is 2.26. The molecule has 0 amide bonds. The highest BCUT2D eigenvalue weighted by Gasteiger charge is 2.21. The summed E-state index contributed by atoms with van der Waals surface area (Å²) in [6.07, 6.45) is 0. The van der Waals surface area contributed by atoms with Crippen LogP contribution in [0.5, 0.6) is 0 Å². The Bertz CT molecular complexity index is 781. The molecule has 0 heterocycles. The normalized spacial score (nSPS) is 11.4. The Morgan fingerprint density at radius 3 is 2.19 bits per heavy atom. The molecule has 21 heavy (non-hydrogen) atoms. The van der Waals surface area contributed by atoms with Crippen molar-refractivity contribution in [2.24, 2.45) is 0 Å². The summed E-state index contributed by atoms with van der Waals surface area (Å²) in [5.41, 5.74) is 1.36. The summed E-state index contributed by atoms with van der Waals surface area (Å²) in [4.78, 5) is 12.0. The molecular formula is C15H12Cl2O3S. The highest BCUT2D eigenvalue weighted by Crippen LogP contribution is 2.25. The number of halogens is 2. The standard InChI is InChI=1S/C15H12Cl2O3S/c1-10-2-4-11(5-3-10)15(18)9-21(19,20)12-6-7-13(16)14(17)8-12/h2-8H,9H2,1H3. The number of sulfone groups is 1. The number of hydrogen-bond donors (Lipinski definition) is 0. The number of ketones is 1. The van der Waals surface area contributed by atoms with Crippen molar-refractivity contribution in [3.63, 3.8) is 0 Å². The highest BCUT2D eigenvalue weighted by atomic mass is 35.5. The van der Waals surface area contributed by atoms with Gasteiger partial charge in [-0.1, -0.05) is 53.0 Å². The van der Waals surface area contributed by atoms with Gasteiger partial charge in [-0.2, -0.15) is 0 Å². The summed E-state index contributed by atoms with van der Waals surface area (Å²) < 4.78 is 24.4. The van der Waals surface area contributed by atoms with E-state index >= 15 is 0 Å². The predicted molar refractivity (Wildman–Crippen MR) is 84.0 cm³/mol. The molecule has 110 valence electrons. The lowest BCUT2D eigenvalue weighted by molar-refractivity contribution is 0.102. The number of Topliss-reactive ketones (excluding diaryl/α,β-unsaturated/α-hetero) is 1. The average molecular weight is 343 g/mol. The molecule has 0 saturated carbocycles. The Kier molecular flexibility index (Phi) is 4.71. The van der Waals surface area contributed by atoms with E-state index < -0.39 is 21.4 Å². The Morgan fingerprint density at radius 2 is 1.62 bits per heavy atom. The van der Waals surface area contributed by atoms with Gasteiger partial charge in [0, 0.05) is 5.56 Å². The van der Waals surface area contributed by atoms with E-state index in [0.29, 0.717) is 5.56 Å². The first-order valence-corrected chi connectivity index (χ1v) is 8.48. The molecule has 0 N–H and O–H groups in total. The van der Waals surface area contributed by atoms with E-state index in [2.05, 4.69) is 0 Å². The van der Waals surface area contributed by atoms with Crippen LogP contribution in [0.25, 0.3) is 0 Å². The van der Waals surface area contributed by atoms with E-state index in [0.717, 1.165) is 5.56 Å². The molecule has 2 aromatic rings. The maximum atomic E-state index is 12.2. The van der Waals surface area contributed by atoms with Crippen molar-refractivity contribution in [3.8, 4) is 0 Å². The van der Waals surface area contributed by atoms with Crippen LogP contribution in [0.15, 0.2) is 47.4 Å². The van der Waals surface area contributed by atoms with E-state index in [1.807, 2.05) is 6.92 Å². The van der Waals surface area contributed by atoms with Crippen molar-refractivity contribution in [3.05, 3.63) is 63.6 Å². The van der Waals surface area contributed by atoms with Crippen molar-refractivity contribution in [2.75, 3.05) is 5.75 Å². The molecule has 2 rings (SSSR count). The first-order chi connectivity index (χ1) is 9.79. The van der Waals surface area contributed by atoms with Crippen molar-refractivity contribution in [2.45, 2.75) is 11.8 Å². The lowest BCUT2D eigenvalue weighted by Crippen LogP contribution is -2.16. The van der Waals surface area contributed by atoms with Gasteiger partial charge in [0.1, 0.15) is 5.75 Å². The van der Waals surface area contributed by atoms with Gasteiger partial charge in [-0.15, -0.1) is 0 Å². The highest BCUT2D eigenvalue weighted by molar-refractivity contribution is 7.92. The third-order valence-electron chi connectivity index (χ3n) is 2.94. The first kappa shape index (κ1) is 16.0. The summed E-state index contributed by atoms with van der Waals surface area (Å²) in [6, 6.07) is 10.7. The number of rotatable bonds is 4. The van der Waals surface area contributed by atoms with Gasteiger partial charge < -0.3 is 0 Å². The van der Waals surface area contributed by atoms with E-state index in [9.17, 15) is 13.2 Å². The van der Waals surface area contributed by atoms with Crippen molar-refractivity contribution in [1.29, 1.82) is 0 Å². The summed E-state index contributed by atoms with van der Waals surface area (Å²) in [5, 5.41) is 0.404. The van der Waals surface area contributed by atoms with E-state index in [4.69, 9.17) is 23.2 Å². The molecule has 0 saturated heterocycles. The topological polar surface area (TPSA) is 51.2 Å². The van der Waals surface area contributed by atoms with Crippen molar-refractivity contribution in [1.82, 2.24) is 0 Å². The Morgan fingerprint density at radius 1 is 1.00 bits per heavy atom. The maximum Gasteiger partial charge on any atom is 0.185 e. The van der Waals surface area contributed by atoms with E-state index in [-0.39, 0.29) is 14.9 Å². The van der Waals surface area contributed by atoms with Crippen LogP contribution in [0.1, 0.15) is 15.9 Å².